The maximum atomic E-state index is 11.9. The smallest absolute Gasteiger partial charge is 0.314 e. The second-order valence-electron chi connectivity index (χ2n) is 3.14. The monoisotopic (exact) mass is 318 g/mol. The number of rotatable bonds is 4. The van der Waals surface area contributed by atoms with Gasteiger partial charge in [0.1, 0.15) is 5.92 Å². The molecule has 0 fully saturated rings. The Hall–Kier alpha value is -0.910. The van der Waals surface area contributed by atoms with E-state index in [-0.39, 0.29) is 5.78 Å². The van der Waals surface area contributed by atoms with Crippen molar-refractivity contribution in [1.29, 1.82) is 0 Å². The molecule has 0 aliphatic carbocycles. The number of aliphatic carboxylic acids is 1. The van der Waals surface area contributed by atoms with Crippen LogP contribution in [0.1, 0.15) is 23.7 Å². The van der Waals surface area contributed by atoms with E-state index in [4.69, 9.17) is 5.11 Å². The van der Waals surface area contributed by atoms with Crippen molar-refractivity contribution in [1.82, 2.24) is 0 Å². The zero-order valence-electron chi connectivity index (χ0n) is 8.24. The van der Waals surface area contributed by atoms with Gasteiger partial charge in [0.2, 0.25) is 0 Å². The lowest BCUT2D eigenvalue weighted by Crippen LogP contribution is -2.23. The van der Waals surface area contributed by atoms with Crippen molar-refractivity contribution >= 4 is 34.3 Å². The second-order valence-corrected chi connectivity index (χ2v) is 4.31. The SMILES string of the molecule is CC[C@H](C(=O)O)C(=O)c1ccccc1I. The van der Waals surface area contributed by atoms with E-state index in [1.165, 1.54) is 0 Å². The van der Waals surface area contributed by atoms with Crippen LogP contribution in [0.2, 0.25) is 0 Å². The van der Waals surface area contributed by atoms with Crippen LogP contribution in [-0.4, -0.2) is 16.9 Å². The molecule has 1 N–H and O–H groups in total. The van der Waals surface area contributed by atoms with Gasteiger partial charge in [-0.15, -0.1) is 0 Å². The van der Waals surface area contributed by atoms with Crippen molar-refractivity contribution in [2.75, 3.05) is 0 Å². The first-order valence-corrected chi connectivity index (χ1v) is 5.67. The van der Waals surface area contributed by atoms with Gasteiger partial charge in [-0.3, -0.25) is 9.59 Å². The molecule has 0 aliphatic heterocycles. The van der Waals surface area contributed by atoms with Gasteiger partial charge < -0.3 is 5.11 Å². The molecule has 1 rings (SSSR count). The molecule has 4 heteroatoms. The fourth-order valence-electron chi connectivity index (χ4n) is 1.32. The molecular weight excluding hydrogens is 307 g/mol. The number of halogens is 1. The first-order valence-electron chi connectivity index (χ1n) is 4.59. The van der Waals surface area contributed by atoms with Gasteiger partial charge in [0, 0.05) is 9.13 Å². The van der Waals surface area contributed by atoms with Gasteiger partial charge >= 0.3 is 5.97 Å². The van der Waals surface area contributed by atoms with E-state index in [1.54, 1.807) is 25.1 Å². The molecule has 15 heavy (non-hydrogen) atoms. The topological polar surface area (TPSA) is 54.4 Å². The zero-order chi connectivity index (χ0) is 11.4. The molecule has 0 radical (unpaired) electrons. The summed E-state index contributed by atoms with van der Waals surface area (Å²) in [6.45, 7) is 1.70. The predicted octanol–water partition coefficient (Wildman–Crippen LogP) is 2.58. The van der Waals surface area contributed by atoms with Gasteiger partial charge in [0.15, 0.2) is 5.78 Å². The molecule has 0 unspecified atom stereocenters. The lowest BCUT2D eigenvalue weighted by atomic mass is 9.95. The molecule has 0 spiro atoms. The molecule has 1 aromatic carbocycles. The maximum Gasteiger partial charge on any atom is 0.314 e. The number of carbonyl (C=O) groups is 2. The van der Waals surface area contributed by atoms with Gasteiger partial charge in [-0.05, 0) is 35.1 Å². The number of Topliss-reactive ketones (excluding diaryl/α,β-unsaturated/α-hetero) is 1. The number of carboxylic acids is 1. The lowest BCUT2D eigenvalue weighted by molar-refractivity contribution is -0.140. The average Bonchev–Trinajstić information content (AvgIpc) is 2.18. The quantitative estimate of drug-likeness (QED) is 0.527. The third kappa shape index (κ3) is 2.77. The van der Waals surface area contributed by atoms with Gasteiger partial charge in [-0.1, -0.05) is 25.1 Å². The van der Waals surface area contributed by atoms with Crippen LogP contribution in [0.5, 0.6) is 0 Å². The number of carboxylic acid groups (broad SMARTS) is 1. The average molecular weight is 318 g/mol. The molecular formula is C11H11IO3. The Balaban J connectivity index is 3.03. The summed E-state index contributed by atoms with van der Waals surface area (Å²) in [4.78, 5) is 22.7. The van der Waals surface area contributed by atoms with Crippen molar-refractivity contribution in [3.8, 4) is 0 Å². The third-order valence-corrected chi connectivity index (χ3v) is 3.10. The summed E-state index contributed by atoms with van der Waals surface area (Å²) >= 11 is 2.03. The van der Waals surface area contributed by atoms with Crippen molar-refractivity contribution in [3.63, 3.8) is 0 Å². The van der Waals surface area contributed by atoms with E-state index in [0.29, 0.717) is 12.0 Å². The van der Waals surface area contributed by atoms with Crippen LogP contribution < -0.4 is 0 Å². The first-order chi connectivity index (χ1) is 7.07. The Morgan fingerprint density at radius 2 is 2.00 bits per heavy atom. The van der Waals surface area contributed by atoms with E-state index in [2.05, 4.69) is 0 Å². The van der Waals surface area contributed by atoms with E-state index >= 15 is 0 Å². The lowest BCUT2D eigenvalue weighted by Gasteiger charge is -2.09. The van der Waals surface area contributed by atoms with Gasteiger partial charge in [0.25, 0.3) is 0 Å². The summed E-state index contributed by atoms with van der Waals surface area (Å²) in [5.74, 6) is -2.29. The summed E-state index contributed by atoms with van der Waals surface area (Å²) in [6.07, 6.45) is 0.319. The predicted molar refractivity (Wildman–Crippen MR) is 64.9 cm³/mol. The minimum atomic E-state index is -1.05. The summed E-state index contributed by atoms with van der Waals surface area (Å²) in [5, 5.41) is 8.87. The van der Waals surface area contributed by atoms with E-state index in [0.717, 1.165) is 3.57 Å². The van der Waals surface area contributed by atoms with Gasteiger partial charge in [0.05, 0.1) is 0 Å². The molecule has 0 bridgehead atoms. The largest absolute Gasteiger partial charge is 0.481 e. The van der Waals surface area contributed by atoms with Crippen LogP contribution in [0.15, 0.2) is 24.3 Å². The van der Waals surface area contributed by atoms with Crippen LogP contribution in [0.25, 0.3) is 0 Å². The van der Waals surface area contributed by atoms with Crippen LogP contribution in [-0.2, 0) is 4.79 Å². The van der Waals surface area contributed by atoms with Crippen LogP contribution in [0.4, 0.5) is 0 Å². The highest BCUT2D eigenvalue weighted by Gasteiger charge is 2.26. The molecule has 1 atom stereocenters. The second kappa shape index (κ2) is 5.25. The fraction of sp³-hybridized carbons (Fsp3) is 0.273. The van der Waals surface area contributed by atoms with Crippen LogP contribution in [0, 0.1) is 9.49 Å². The minimum absolute atomic E-state index is 0.310. The Labute approximate surface area is 102 Å². The molecule has 80 valence electrons. The van der Waals surface area contributed by atoms with E-state index in [1.807, 2.05) is 28.7 Å². The first kappa shape index (κ1) is 12.2. The Morgan fingerprint density at radius 1 is 1.40 bits per heavy atom. The van der Waals surface area contributed by atoms with E-state index < -0.39 is 11.9 Å². The summed E-state index contributed by atoms with van der Waals surface area (Å²) < 4.78 is 0.791. The highest BCUT2D eigenvalue weighted by molar-refractivity contribution is 14.1. The highest BCUT2D eigenvalue weighted by Crippen LogP contribution is 2.18. The normalized spacial score (nSPS) is 12.1. The maximum absolute atomic E-state index is 11.9. The fourth-order valence-corrected chi connectivity index (χ4v) is 1.97. The van der Waals surface area contributed by atoms with Crippen molar-refractivity contribution in [3.05, 3.63) is 33.4 Å². The van der Waals surface area contributed by atoms with Crippen molar-refractivity contribution in [2.45, 2.75) is 13.3 Å². The molecule has 0 amide bonds. The summed E-state index contributed by atoms with van der Waals surface area (Å²) in [7, 11) is 0. The standard InChI is InChI=1S/C11H11IO3/c1-2-7(11(14)15)10(13)8-5-3-4-6-9(8)12/h3-7H,2H2,1H3,(H,14,15)/t7-/m0/s1. The molecule has 0 aromatic heterocycles. The highest BCUT2D eigenvalue weighted by atomic mass is 127. The Bertz CT molecular complexity index is 387. The summed E-state index contributed by atoms with van der Waals surface area (Å²) in [6, 6.07) is 7.02. The van der Waals surface area contributed by atoms with E-state index in [9.17, 15) is 9.59 Å². The molecule has 0 saturated heterocycles. The van der Waals surface area contributed by atoms with Crippen LogP contribution >= 0.6 is 22.6 Å². The number of carbonyl (C=O) groups excluding carboxylic acids is 1. The van der Waals surface area contributed by atoms with Crippen molar-refractivity contribution < 1.29 is 14.7 Å². The molecule has 0 heterocycles. The molecule has 1 aromatic rings. The van der Waals surface area contributed by atoms with Crippen LogP contribution in [0.3, 0.4) is 0 Å². The Morgan fingerprint density at radius 3 is 2.47 bits per heavy atom. The summed E-state index contributed by atoms with van der Waals surface area (Å²) in [5.41, 5.74) is 0.493. The van der Waals surface area contributed by atoms with Crippen molar-refractivity contribution in [2.24, 2.45) is 5.92 Å². The molecule has 3 nitrogen and oxygen atoms in total. The zero-order valence-corrected chi connectivity index (χ0v) is 10.4. The van der Waals surface area contributed by atoms with Gasteiger partial charge in [-0.2, -0.15) is 0 Å². The Kier molecular flexibility index (Phi) is 4.26. The molecule has 0 saturated carbocycles. The minimum Gasteiger partial charge on any atom is -0.481 e. The third-order valence-electron chi connectivity index (χ3n) is 2.16. The number of hydrogen-bond acceptors (Lipinski definition) is 2. The molecule has 0 aliphatic rings. The number of ketones is 1. The van der Waals surface area contributed by atoms with Gasteiger partial charge in [-0.25, -0.2) is 0 Å². The number of hydrogen-bond donors (Lipinski definition) is 1. The number of benzene rings is 1.